The van der Waals surface area contributed by atoms with Gasteiger partial charge in [-0.25, -0.2) is 4.79 Å². The van der Waals surface area contributed by atoms with Gasteiger partial charge in [-0.3, -0.25) is 4.79 Å². The zero-order valence-corrected chi connectivity index (χ0v) is 11.2. The minimum absolute atomic E-state index is 0.0426. The minimum Gasteiger partial charge on any atom is -0.336 e. The van der Waals surface area contributed by atoms with Crippen LogP contribution in [0.1, 0.15) is 20.3 Å². The van der Waals surface area contributed by atoms with Crippen molar-refractivity contribution in [3.05, 3.63) is 30.3 Å². The average Bonchev–Trinajstić information content (AvgIpc) is 2.70. The molecule has 102 valence electrons. The van der Waals surface area contributed by atoms with Crippen LogP contribution >= 0.6 is 0 Å². The molecule has 1 aromatic carbocycles. The van der Waals surface area contributed by atoms with E-state index in [9.17, 15) is 9.59 Å². The Morgan fingerprint density at radius 2 is 2.00 bits per heavy atom. The molecular weight excluding hydrogens is 242 g/mol. The molecule has 1 atom stereocenters. The van der Waals surface area contributed by atoms with Crippen LogP contribution in [-0.2, 0) is 4.79 Å². The molecular formula is C14H19N3O2. The van der Waals surface area contributed by atoms with Crippen molar-refractivity contribution in [1.82, 2.24) is 10.6 Å². The second-order valence-corrected chi connectivity index (χ2v) is 5.01. The molecule has 1 aliphatic heterocycles. The standard InChI is InChI=1S/C14H19N3O2/c1-10(2)15-14(19)16-11-8-13(18)17(9-11)12-6-4-3-5-7-12/h3-7,10-11H,8-9H2,1-2H3,(H2,15,16,19)/t11-/m0/s1. The fraction of sp³-hybridized carbons (Fsp3) is 0.429. The molecule has 0 spiro atoms. The van der Waals surface area contributed by atoms with Gasteiger partial charge in [0.15, 0.2) is 0 Å². The van der Waals surface area contributed by atoms with Crippen LogP contribution in [0.4, 0.5) is 10.5 Å². The summed E-state index contributed by atoms with van der Waals surface area (Å²) in [5.74, 6) is 0.0426. The first-order valence-electron chi connectivity index (χ1n) is 6.48. The fourth-order valence-electron chi connectivity index (χ4n) is 2.15. The topological polar surface area (TPSA) is 61.4 Å². The van der Waals surface area contributed by atoms with Gasteiger partial charge in [-0.05, 0) is 26.0 Å². The highest BCUT2D eigenvalue weighted by atomic mass is 16.2. The third kappa shape index (κ3) is 3.47. The molecule has 5 nitrogen and oxygen atoms in total. The monoisotopic (exact) mass is 261 g/mol. The van der Waals surface area contributed by atoms with Crippen LogP contribution < -0.4 is 15.5 Å². The molecule has 3 amide bonds. The number of hydrogen-bond acceptors (Lipinski definition) is 2. The number of carbonyl (C=O) groups is 2. The molecule has 2 rings (SSSR count). The molecule has 5 heteroatoms. The quantitative estimate of drug-likeness (QED) is 0.866. The van der Waals surface area contributed by atoms with Crippen LogP contribution in [0.15, 0.2) is 30.3 Å². The van der Waals surface area contributed by atoms with E-state index in [0.717, 1.165) is 5.69 Å². The van der Waals surface area contributed by atoms with Gasteiger partial charge in [0.05, 0.1) is 6.04 Å². The van der Waals surface area contributed by atoms with E-state index < -0.39 is 0 Å². The summed E-state index contributed by atoms with van der Waals surface area (Å²) >= 11 is 0. The molecule has 2 N–H and O–H groups in total. The molecule has 1 heterocycles. The first-order chi connectivity index (χ1) is 9.06. The van der Waals surface area contributed by atoms with Crippen LogP contribution in [0.3, 0.4) is 0 Å². The second kappa shape index (κ2) is 5.73. The van der Waals surface area contributed by atoms with E-state index >= 15 is 0 Å². The number of hydrogen-bond donors (Lipinski definition) is 2. The summed E-state index contributed by atoms with van der Waals surface area (Å²) < 4.78 is 0. The Morgan fingerprint density at radius 1 is 1.32 bits per heavy atom. The number of rotatable bonds is 3. The number of amides is 3. The average molecular weight is 261 g/mol. The lowest BCUT2D eigenvalue weighted by Gasteiger charge is -2.17. The Labute approximate surface area is 113 Å². The minimum atomic E-state index is -0.220. The maximum Gasteiger partial charge on any atom is 0.315 e. The summed E-state index contributed by atoms with van der Waals surface area (Å²) in [6.07, 6.45) is 0.348. The Morgan fingerprint density at radius 3 is 2.63 bits per heavy atom. The van der Waals surface area contributed by atoms with Crippen molar-refractivity contribution in [3.8, 4) is 0 Å². The van der Waals surface area contributed by atoms with Gasteiger partial charge in [0.25, 0.3) is 0 Å². The van der Waals surface area contributed by atoms with Crippen molar-refractivity contribution < 1.29 is 9.59 Å². The largest absolute Gasteiger partial charge is 0.336 e. The van der Waals surface area contributed by atoms with E-state index in [0.29, 0.717) is 13.0 Å². The second-order valence-electron chi connectivity index (χ2n) is 5.01. The van der Waals surface area contributed by atoms with Gasteiger partial charge in [0, 0.05) is 24.7 Å². The van der Waals surface area contributed by atoms with Crippen molar-refractivity contribution in [3.63, 3.8) is 0 Å². The maximum absolute atomic E-state index is 11.9. The molecule has 0 radical (unpaired) electrons. The van der Waals surface area contributed by atoms with Gasteiger partial charge in [-0.15, -0.1) is 0 Å². The summed E-state index contributed by atoms with van der Waals surface area (Å²) in [4.78, 5) is 25.3. The predicted octanol–water partition coefficient (Wildman–Crippen LogP) is 1.50. The van der Waals surface area contributed by atoms with Crippen LogP contribution in [0.5, 0.6) is 0 Å². The van der Waals surface area contributed by atoms with Crippen LogP contribution in [0, 0.1) is 0 Å². The Hall–Kier alpha value is -2.04. The summed E-state index contributed by atoms with van der Waals surface area (Å²) in [6, 6.07) is 9.24. The van der Waals surface area contributed by atoms with E-state index in [1.807, 2.05) is 44.2 Å². The number of carbonyl (C=O) groups excluding carboxylic acids is 2. The normalized spacial score (nSPS) is 18.8. The summed E-state index contributed by atoms with van der Waals surface area (Å²) in [5.41, 5.74) is 0.876. The van der Waals surface area contributed by atoms with Crippen molar-refractivity contribution in [2.24, 2.45) is 0 Å². The van der Waals surface area contributed by atoms with Crippen LogP contribution in [0.2, 0.25) is 0 Å². The zero-order valence-electron chi connectivity index (χ0n) is 11.2. The Kier molecular flexibility index (Phi) is 4.04. The van der Waals surface area contributed by atoms with E-state index in [1.54, 1.807) is 4.90 Å². The van der Waals surface area contributed by atoms with Crippen molar-refractivity contribution in [1.29, 1.82) is 0 Å². The number of para-hydroxylation sites is 1. The van der Waals surface area contributed by atoms with Crippen molar-refractivity contribution in [2.75, 3.05) is 11.4 Å². The highest BCUT2D eigenvalue weighted by molar-refractivity contribution is 5.96. The Bertz CT molecular complexity index is 459. The number of nitrogens with zero attached hydrogens (tertiary/aromatic N) is 1. The number of anilines is 1. The molecule has 1 saturated heterocycles. The van der Waals surface area contributed by atoms with Gasteiger partial charge in [-0.1, -0.05) is 18.2 Å². The number of benzene rings is 1. The van der Waals surface area contributed by atoms with Gasteiger partial charge in [0.2, 0.25) is 5.91 Å². The first kappa shape index (κ1) is 13.4. The van der Waals surface area contributed by atoms with Gasteiger partial charge < -0.3 is 15.5 Å². The molecule has 1 aromatic rings. The molecule has 19 heavy (non-hydrogen) atoms. The molecule has 0 saturated carbocycles. The first-order valence-corrected chi connectivity index (χ1v) is 6.48. The summed E-state index contributed by atoms with van der Waals surface area (Å²) in [6.45, 7) is 4.32. The van der Waals surface area contributed by atoms with E-state index in [1.165, 1.54) is 0 Å². The van der Waals surface area contributed by atoms with E-state index in [2.05, 4.69) is 10.6 Å². The molecule has 0 aromatic heterocycles. The van der Waals surface area contributed by atoms with E-state index in [4.69, 9.17) is 0 Å². The molecule has 0 unspecified atom stereocenters. The highest BCUT2D eigenvalue weighted by Crippen LogP contribution is 2.20. The fourth-order valence-corrected chi connectivity index (χ4v) is 2.15. The van der Waals surface area contributed by atoms with Crippen molar-refractivity contribution in [2.45, 2.75) is 32.4 Å². The Balaban J connectivity index is 1.94. The smallest absolute Gasteiger partial charge is 0.315 e. The maximum atomic E-state index is 11.9. The lowest BCUT2D eigenvalue weighted by Crippen LogP contribution is -2.45. The molecule has 1 fully saturated rings. The lowest BCUT2D eigenvalue weighted by atomic mass is 10.2. The predicted molar refractivity (Wildman–Crippen MR) is 74.0 cm³/mol. The van der Waals surface area contributed by atoms with Gasteiger partial charge in [-0.2, -0.15) is 0 Å². The number of nitrogens with one attached hydrogen (secondary N) is 2. The van der Waals surface area contributed by atoms with Gasteiger partial charge in [0.1, 0.15) is 0 Å². The van der Waals surface area contributed by atoms with Crippen molar-refractivity contribution >= 4 is 17.6 Å². The van der Waals surface area contributed by atoms with Crippen LogP contribution in [-0.4, -0.2) is 30.6 Å². The number of urea groups is 1. The highest BCUT2D eigenvalue weighted by Gasteiger charge is 2.31. The summed E-state index contributed by atoms with van der Waals surface area (Å²) in [5, 5.41) is 5.59. The third-order valence-electron chi connectivity index (χ3n) is 2.95. The molecule has 0 bridgehead atoms. The summed E-state index contributed by atoms with van der Waals surface area (Å²) in [7, 11) is 0. The van der Waals surface area contributed by atoms with Gasteiger partial charge >= 0.3 is 6.03 Å². The zero-order chi connectivity index (χ0) is 13.8. The molecule has 1 aliphatic rings. The van der Waals surface area contributed by atoms with Crippen LogP contribution in [0.25, 0.3) is 0 Å². The SMILES string of the molecule is CC(C)NC(=O)N[C@H]1CC(=O)N(c2ccccc2)C1. The molecule has 0 aliphatic carbocycles. The third-order valence-corrected chi connectivity index (χ3v) is 2.95. The lowest BCUT2D eigenvalue weighted by molar-refractivity contribution is -0.117. The van der Waals surface area contributed by atoms with E-state index in [-0.39, 0.29) is 24.0 Å².